The van der Waals surface area contributed by atoms with Crippen LogP contribution in [-0.4, -0.2) is 61.0 Å². The molecule has 7 heteroatoms. The number of hydrogen-bond acceptors (Lipinski definition) is 4. The standard InChI is InChI=1S/C17H21N3O3.ClH/c21-16(14-12-19-15-5-2-1-4-13(14)15)17(22)18-6-3-7-20-8-10-23-11-9-20;/h1-2,4-5,12,19H,3,6-11H2,(H,18,22);1H. The summed E-state index contributed by atoms with van der Waals surface area (Å²) in [6, 6.07) is 7.46. The molecule has 1 fully saturated rings. The summed E-state index contributed by atoms with van der Waals surface area (Å²) in [5.74, 6) is -1.04. The number of para-hydroxylation sites is 1. The summed E-state index contributed by atoms with van der Waals surface area (Å²) in [5, 5.41) is 3.49. The van der Waals surface area contributed by atoms with Crippen molar-refractivity contribution in [3.8, 4) is 0 Å². The van der Waals surface area contributed by atoms with E-state index < -0.39 is 11.7 Å². The molecule has 2 aromatic rings. The first-order chi connectivity index (χ1) is 11.3. The van der Waals surface area contributed by atoms with Gasteiger partial charge in [-0.05, 0) is 19.0 Å². The normalized spacial score (nSPS) is 15.0. The lowest BCUT2D eigenvalue weighted by atomic mass is 10.1. The minimum atomic E-state index is -0.545. The number of benzene rings is 1. The Morgan fingerprint density at radius 1 is 1.21 bits per heavy atom. The average molecular weight is 352 g/mol. The largest absolute Gasteiger partial charge is 0.379 e. The molecule has 0 aliphatic carbocycles. The van der Waals surface area contributed by atoms with Gasteiger partial charge in [-0.15, -0.1) is 12.4 Å². The maximum Gasteiger partial charge on any atom is 0.292 e. The van der Waals surface area contributed by atoms with Gasteiger partial charge in [0.25, 0.3) is 11.7 Å². The number of carbonyl (C=O) groups is 2. The quantitative estimate of drug-likeness (QED) is 0.471. The lowest BCUT2D eigenvalue weighted by Crippen LogP contribution is -2.38. The van der Waals surface area contributed by atoms with E-state index in [1.807, 2.05) is 24.3 Å². The van der Waals surface area contributed by atoms with Gasteiger partial charge < -0.3 is 15.0 Å². The molecule has 1 aromatic heterocycles. The second-order valence-electron chi connectivity index (χ2n) is 5.64. The number of Topliss-reactive ketones (excluding diaryl/α,β-unsaturated/α-hetero) is 1. The molecule has 1 saturated heterocycles. The van der Waals surface area contributed by atoms with Crippen LogP contribution in [0.25, 0.3) is 10.9 Å². The molecule has 1 amide bonds. The van der Waals surface area contributed by atoms with E-state index in [1.165, 1.54) is 0 Å². The van der Waals surface area contributed by atoms with Crippen LogP contribution < -0.4 is 5.32 Å². The topological polar surface area (TPSA) is 74.4 Å². The Kier molecular flexibility index (Phi) is 6.78. The lowest BCUT2D eigenvalue weighted by molar-refractivity contribution is -0.117. The molecular weight excluding hydrogens is 330 g/mol. The Balaban J connectivity index is 0.00000208. The number of aromatic amines is 1. The van der Waals surface area contributed by atoms with Crippen LogP contribution in [0.3, 0.4) is 0 Å². The molecule has 130 valence electrons. The Morgan fingerprint density at radius 3 is 2.75 bits per heavy atom. The van der Waals surface area contributed by atoms with Crippen LogP contribution in [0.5, 0.6) is 0 Å². The maximum atomic E-state index is 12.3. The van der Waals surface area contributed by atoms with Gasteiger partial charge in [0.05, 0.1) is 18.8 Å². The Morgan fingerprint density at radius 2 is 1.96 bits per heavy atom. The van der Waals surface area contributed by atoms with E-state index in [4.69, 9.17) is 4.74 Å². The molecule has 1 aromatic carbocycles. The zero-order valence-corrected chi connectivity index (χ0v) is 14.2. The number of fused-ring (bicyclic) bond motifs is 1. The van der Waals surface area contributed by atoms with E-state index in [0.29, 0.717) is 12.1 Å². The highest BCUT2D eigenvalue weighted by Crippen LogP contribution is 2.18. The number of nitrogens with zero attached hydrogens (tertiary/aromatic N) is 1. The van der Waals surface area contributed by atoms with E-state index >= 15 is 0 Å². The number of halogens is 1. The third-order valence-corrected chi connectivity index (χ3v) is 4.08. The number of rotatable bonds is 6. The number of ether oxygens (including phenoxy) is 1. The fourth-order valence-electron chi connectivity index (χ4n) is 2.79. The van der Waals surface area contributed by atoms with Gasteiger partial charge in [0.15, 0.2) is 0 Å². The molecule has 0 spiro atoms. The van der Waals surface area contributed by atoms with Crippen molar-refractivity contribution in [1.29, 1.82) is 0 Å². The second-order valence-corrected chi connectivity index (χ2v) is 5.64. The monoisotopic (exact) mass is 351 g/mol. The van der Waals surface area contributed by atoms with Crippen LogP contribution in [0.15, 0.2) is 30.5 Å². The molecular formula is C17H22ClN3O3. The molecule has 0 atom stereocenters. The number of morpholine rings is 1. The summed E-state index contributed by atoms with van der Waals surface area (Å²) in [5.41, 5.74) is 1.28. The molecule has 1 aliphatic heterocycles. The van der Waals surface area contributed by atoms with Crippen molar-refractivity contribution >= 4 is 35.0 Å². The van der Waals surface area contributed by atoms with E-state index in [-0.39, 0.29) is 12.4 Å². The predicted octanol–water partition coefficient (Wildman–Crippen LogP) is 1.61. The van der Waals surface area contributed by atoms with E-state index in [0.717, 1.165) is 50.2 Å². The molecule has 2 N–H and O–H groups in total. The molecule has 24 heavy (non-hydrogen) atoms. The van der Waals surface area contributed by atoms with Gasteiger partial charge in [-0.25, -0.2) is 0 Å². The van der Waals surface area contributed by atoms with Crippen molar-refractivity contribution in [2.45, 2.75) is 6.42 Å². The number of amides is 1. The van der Waals surface area contributed by atoms with Gasteiger partial charge in [-0.3, -0.25) is 14.5 Å². The molecule has 1 aliphatic rings. The van der Waals surface area contributed by atoms with E-state index in [1.54, 1.807) is 6.20 Å². The fraction of sp³-hybridized carbons (Fsp3) is 0.412. The summed E-state index contributed by atoms with van der Waals surface area (Å²) in [4.78, 5) is 29.6. The zero-order valence-electron chi connectivity index (χ0n) is 13.4. The minimum absolute atomic E-state index is 0. The molecule has 0 bridgehead atoms. The lowest BCUT2D eigenvalue weighted by Gasteiger charge is -2.26. The number of H-pyrrole nitrogens is 1. The fourth-order valence-corrected chi connectivity index (χ4v) is 2.79. The highest BCUT2D eigenvalue weighted by Gasteiger charge is 2.19. The molecule has 2 heterocycles. The summed E-state index contributed by atoms with van der Waals surface area (Å²) in [6.07, 6.45) is 2.42. The van der Waals surface area contributed by atoms with Gasteiger partial charge in [0.1, 0.15) is 0 Å². The minimum Gasteiger partial charge on any atom is -0.379 e. The number of hydrogen-bond donors (Lipinski definition) is 2. The van der Waals surface area contributed by atoms with Crippen molar-refractivity contribution in [2.75, 3.05) is 39.4 Å². The summed E-state index contributed by atoms with van der Waals surface area (Å²) in [7, 11) is 0. The van der Waals surface area contributed by atoms with Crippen LogP contribution in [0, 0.1) is 0 Å². The Hall–Kier alpha value is -1.89. The van der Waals surface area contributed by atoms with Crippen molar-refractivity contribution in [3.63, 3.8) is 0 Å². The van der Waals surface area contributed by atoms with Crippen LogP contribution in [0.4, 0.5) is 0 Å². The smallest absolute Gasteiger partial charge is 0.292 e. The Bertz CT molecular complexity index is 695. The van der Waals surface area contributed by atoms with Crippen LogP contribution >= 0.6 is 12.4 Å². The van der Waals surface area contributed by atoms with Crippen molar-refractivity contribution < 1.29 is 14.3 Å². The first kappa shape index (κ1) is 18.4. The maximum absolute atomic E-state index is 12.3. The molecule has 0 saturated carbocycles. The third-order valence-electron chi connectivity index (χ3n) is 4.08. The highest BCUT2D eigenvalue weighted by molar-refractivity contribution is 6.44. The van der Waals surface area contributed by atoms with Crippen molar-refractivity contribution in [1.82, 2.24) is 15.2 Å². The molecule has 6 nitrogen and oxygen atoms in total. The number of nitrogens with one attached hydrogen (secondary N) is 2. The highest BCUT2D eigenvalue weighted by atomic mass is 35.5. The number of ketones is 1. The molecule has 0 unspecified atom stereocenters. The molecule has 0 radical (unpaired) electrons. The predicted molar refractivity (Wildman–Crippen MR) is 94.8 cm³/mol. The summed E-state index contributed by atoms with van der Waals surface area (Å²) < 4.78 is 5.29. The van der Waals surface area contributed by atoms with Crippen LogP contribution in [-0.2, 0) is 9.53 Å². The molecule has 3 rings (SSSR count). The summed E-state index contributed by atoms with van der Waals surface area (Å²) >= 11 is 0. The first-order valence-corrected chi connectivity index (χ1v) is 7.94. The second kappa shape index (κ2) is 8.82. The van der Waals surface area contributed by atoms with E-state index in [9.17, 15) is 9.59 Å². The van der Waals surface area contributed by atoms with Gasteiger partial charge in [-0.1, -0.05) is 18.2 Å². The van der Waals surface area contributed by atoms with Crippen molar-refractivity contribution in [3.05, 3.63) is 36.0 Å². The van der Waals surface area contributed by atoms with Gasteiger partial charge in [0, 0.05) is 36.7 Å². The number of carbonyl (C=O) groups excluding carboxylic acids is 2. The zero-order chi connectivity index (χ0) is 16.1. The van der Waals surface area contributed by atoms with Crippen LogP contribution in [0.2, 0.25) is 0 Å². The summed E-state index contributed by atoms with van der Waals surface area (Å²) in [6.45, 7) is 4.82. The van der Waals surface area contributed by atoms with Crippen LogP contribution in [0.1, 0.15) is 16.8 Å². The first-order valence-electron chi connectivity index (χ1n) is 7.94. The number of aromatic nitrogens is 1. The third kappa shape index (κ3) is 4.35. The van der Waals surface area contributed by atoms with Gasteiger partial charge in [-0.2, -0.15) is 0 Å². The average Bonchev–Trinajstić information content (AvgIpc) is 3.03. The SMILES string of the molecule is Cl.O=C(NCCCN1CCOCC1)C(=O)c1c[nH]c2ccccc12. The van der Waals surface area contributed by atoms with Gasteiger partial charge >= 0.3 is 0 Å². The Labute approximate surface area is 147 Å². The van der Waals surface area contributed by atoms with Crippen molar-refractivity contribution in [2.24, 2.45) is 0 Å². The van der Waals surface area contributed by atoms with E-state index in [2.05, 4.69) is 15.2 Å². The van der Waals surface area contributed by atoms with Gasteiger partial charge in [0.2, 0.25) is 0 Å².